The van der Waals surface area contributed by atoms with Crippen molar-refractivity contribution < 1.29 is 0 Å². The standard InChI is InChI=1S/C12H18ClN5/c1-9-15-12(13)11(17(9)3)10(8-14)18-6-4-16(2)5-7-18/h10H,4-7H2,1-3H3. The van der Waals surface area contributed by atoms with E-state index >= 15 is 0 Å². The first-order chi connectivity index (χ1) is 8.54. The Morgan fingerprint density at radius 1 is 1.28 bits per heavy atom. The molecule has 1 saturated heterocycles. The summed E-state index contributed by atoms with van der Waals surface area (Å²) in [6, 6.07) is 2.05. The molecule has 1 atom stereocenters. The minimum atomic E-state index is -0.308. The number of imidazole rings is 1. The first-order valence-corrected chi connectivity index (χ1v) is 6.43. The number of piperazine rings is 1. The van der Waals surface area contributed by atoms with E-state index in [0.29, 0.717) is 5.15 Å². The van der Waals surface area contributed by atoms with Crippen LogP contribution in [0.25, 0.3) is 0 Å². The summed E-state index contributed by atoms with van der Waals surface area (Å²) in [5.74, 6) is 0.837. The van der Waals surface area contributed by atoms with Crippen LogP contribution in [0.2, 0.25) is 5.15 Å². The molecule has 0 aliphatic carbocycles. The van der Waals surface area contributed by atoms with Crippen LogP contribution in [0.15, 0.2) is 0 Å². The first kappa shape index (κ1) is 13.3. The molecule has 1 aromatic heterocycles. The van der Waals surface area contributed by atoms with Crippen LogP contribution in [-0.4, -0.2) is 52.6 Å². The maximum Gasteiger partial charge on any atom is 0.153 e. The van der Waals surface area contributed by atoms with Crippen LogP contribution in [0.1, 0.15) is 17.6 Å². The van der Waals surface area contributed by atoms with Crippen molar-refractivity contribution in [3.8, 4) is 6.07 Å². The second kappa shape index (κ2) is 5.27. The second-order valence-electron chi connectivity index (χ2n) is 4.76. The summed E-state index contributed by atoms with van der Waals surface area (Å²) >= 11 is 6.15. The first-order valence-electron chi connectivity index (χ1n) is 6.05. The molecule has 1 aliphatic rings. The SMILES string of the molecule is Cc1nc(Cl)c(C(C#N)N2CCN(C)CC2)n1C. The van der Waals surface area contributed by atoms with Crippen molar-refractivity contribution >= 4 is 11.6 Å². The Morgan fingerprint density at radius 3 is 2.33 bits per heavy atom. The van der Waals surface area contributed by atoms with Gasteiger partial charge in [0.2, 0.25) is 0 Å². The average molecular weight is 268 g/mol. The number of aromatic nitrogens is 2. The smallest absolute Gasteiger partial charge is 0.153 e. The van der Waals surface area contributed by atoms with Crippen molar-refractivity contribution in [3.05, 3.63) is 16.7 Å². The summed E-state index contributed by atoms with van der Waals surface area (Å²) in [5, 5.41) is 9.90. The largest absolute Gasteiger partial charge is 0.332 e. The van der Waals surface area contributed by atoms with Crippen molar-refractivity contribution in [1.82, 2.24) is 19.4 Å². The van der Waals surface area contributed by atoms with E-state index in [9.17, 15) is 5.26 Å². The van der Waals surface area contributed by atoms with Crippen molar-refractivity contribution in [2.45, 2.75) is 13.0 Å². The maximum absolute atomic E-state index is 9.45. The molecule has 1 aliphatic heterocycles. The quantitative estimate of drug-likeness (QED) is 0.808. The monoisotopic (exact) mass is 267 g/mol. The van der Waals surface area contributed by atoms with Gasteiger partial charge in [-0.25, -0.2) is 4.98 Å². The number of aryl methyl sites for hydroxylation is 1. The highest BCUT2D eigenvalue weighted by atomic mass is 35.5. The van der Waals surface area contributed by atoms with Crippen LogP contribution >= 0.6 is 11.6 Å². The summed E-state index contributed by atoms with van der Waals surface area (Å²) in [6.07, 6.45) is 0. The molecule has 0 bridgehead atoms. The fourth-order valence-corrected chi connectivity index (χ4v) is 2.63. The fraction of sp³-hybridized carbons (Fsp3) is 0.667. The minimum Gasteiger partial charge on any atom is -0.332 e. The van der Waals surface area contributed by atoms with E-state index in [4.69, 9.17) is 11.6 Å². The summed E-state index contributed by atoms with van der Waals surface area (Å²) in [7, 11) is 4.00. The van der Waals surface area contributed by atoms with Crippen molar-refractivity contribution in [3.63, 3.8) is 0 Å². The van der Waals surface area contributed by atoms with E-state index in [1.807, 2.05) is 18.5 Å². The average Bonchev–Trinajstić information content (AvgIpc) is 2.59. The molecule has 1 unspecified atom stereocenters. The number of hydrogen-bond donors (Lipinski definition) is 0. The third-order valence-electron chi connectivity index (χ3n) is 3.60. The molecular weight excluding hydrogens is 250 g/mol. The molecule has 1 fully saturated rings. The number of hydrogen-bond acceptors (Lipinski definition) is 4. The zero-order valence-corrected chi connectivity index (χ0v) is 11.8. The van der Waals surface area contributed by atoms with Crippen molar-refractivity contribution in [2.75, 3.05) is 33.2 Å². The Kier molecular flexibility index (Phi) is 3.91. The number of rotatable bonds is 2. The topological polar surface area (TPSA) is 48.1 Å². The Balaban J connectivity index is 2.26. The zero-order valence-electron chi connectivity index (χ0n) is 11.0. The molecule has 5 nitrogen and oxygen atoms in total. The van der Waals surface area contributed by atoms with Crippen LogP contribution < -0.4 is 0 Å². The van der Waals surface area contributed by atoms with E-state index in [2.05, 4.69) is 27.9 Å². The van der Waals surface area contributed by atoms with Gasteiger partial charge in [-0.3, -0.25) is 4.90 Å². The highest BCUT2D eigenvalue weighted by Gasteiger charge is 2.28. The van der Waals surface area contributed by atoms with Gasteiger partial charge in [-0.15, -0.1) is 0 Å². The zero-order chi connectivity index (χ0) is 13.3. The molecule has 6 heteroatoms. The lowest BCUT2D eigenvalue weighted by Crippen LogP contribution is -2.46. The molecule has 0 aromatic carbocycles. The van der Waals surface area contributed by atoms with Gasteiger partial charge in [-0.2, -0.15) is 5.26 Å². The molecule has 2 rings (SSSR count). The van der Waals surface area contributed by atoms with Crippen LogP contribution in [-0.2, 0) is 7.05 Å². The van der Waals surface area contributed by atoms with Gasteiger partial charge in [0.1, 0.15) is 11.9 Å². The number of likely N-dealkylation sites (N-methyl/N-ethyl adjacent to an activating group) is 1. The van der Waals surface area contributed by atoms with Gasteiger partial charge in [-0.1, -0.05) is 11.6 Å². The Labute approximate surface area is 113 Å². The Hall–Kier alpha value is -1.09. The minimum absolute atomic E-state index is 0.308. The fourth-order valence-electron chi connectivity index (χ4n) is 2.28. The van der Waals surface area contributed by atoms with Gasteiger partial charge >= 0.3 is 0 Å². The van der Waals surface area contributed by atoms with E-state index in [0.717, 1.165) is 37.7 Å². The summed E-state index contributed by atoms with van der Waals surface area (Å²) in [4.78, 5) is 8.66. The molecule has 0 spiro atoms. The van der Waals surface area contributed by atoms with Crippen LogP contribution in [0.3, 0.4) is 0 Å². The van der Waals surface area contributed by atoms with Gasteiger partial charge < -0.3 is 9.47 Å². The van der Waals surface area contributed by atoms with E-state index in [1.165, 1.54) is 0 Å². The van der Waals surface area contributed by atoms with Gasteiger partial charge in [0.05, 0.1) is 11.8 Å². The molecule has 0 radical (unpaired) electrons. The molecule has 18 heavy (non-hydrogen) atoms. The molecule has 0 amide bonds. The summed E-state index contributed by atoms with van der Waals surface area (Å²) in [6.45, 7) is 5.62. The van der Waals surface area contributed by atoms with Crippen molar-refractivity contribution in [2.24, 2.45) is 7.05 Å². The number of nitriles is 1. The second-order valence-corrected chi connectivity index (χ2v) is 5.12. The number of nitrogens with zero attached hydrogens (tertiary/aromatic N) is 5. The third-order valence-corrected chi connectivity index (χ3v) is 3.88. The lowest BCUT2D eigenvalue weighted by Gasteiger charge is -2.35. The Morgan fingerprint density at radius 2 is 1.89 bits per heavy atom. The van der Waals surface area contributed by atoms with Crippen LogP contribution in [0, 0.1) is 18.3 Å². The molecule has 0 saturated carbocycles. The lowest BCUT2D eigenvalue weighted by molar-refractivity contribution is 0.130. The predicted molar refractivity (Wildman–Crippen MR) is 70.4 cm³/mol. The normalized spacial score (nSPS) is 19.7. The maximum atomic E-state index is 9.45. The summed E-state index contributed by atoms with van der Waals surface area (Å²) in [5.41, 5.74) is 0.807. The molecule has 2 heterocycles. The molecular formula is C12H18ClN5. The number of halogens is 1. The molecule has 98 valence electrons. The van der Waals surface area contributed by atoms with Crippen LogP contribution in [0.4, 0.5) is 0 Å². The van der Waals surface area contributed by atoms with Gasteiger partial charge in [-0.05, 0) is 14.0 Å². The summed E-state index contributed by atoms with van der Waals surface area (Å²) < 4.78 is 1.91. The van der Waals surface area contributed by atoms with Crippen LogP contribution in [0.5, 0.6) is 0 Å². The van der Waals surface area contributed by atoms with E-state index in [-0.39, 0.29) is 6.04 Å². The van der Waals surface area contributed by atoms with Crippen molar-refractivity contribution in [1.29, 1.82) is 5.26 Å². The van der Waals surface area contributed by atoms with Gasteiger partial charge in [0.25, 0.3) is 0 Å². The third kappa shape index (κ3) is 2.37. The van der Waals surface area contributed by atoms with E-state index in [1.54, 1.807) is 0 Å². The Bertz CT molecular complexity index is 468. The highest BCUT2D eigenvalue weighted by molar-refractivity contribution is 6.30. The highest BCUT2D eigenvalue weighted by Crippen LogP contribution is 2.27. The van der Waals surface area contributed by atoms with Gasteiger partial charge in [0, 0.05) is 33.2 Å². The molecule has 0 N–H and O–H groups in total. The predicted octanol–water partition coefficient (Wildman–Crippen LogP) is 1.19. The van der Waals surface area contributed by atoms with Gasteiger partial charge in [0.15, 0.2) is 5.15 Å². The van der Waals surface area contributed by atoms with E-state index < -0.39 is 0 Å². The lowest BCUT2D eigenvalue weighted by atomic mass is 10.1. The molecule has 1 aromatic rings.